The first-order valence-electron chi connectivity index (χ1n) is 3.86. The van der Waals surface area contributed by atoms with Gasteiger partial charge in [0.25, 0.3) is 0 Å². The minimum Gasteiger partial charge on any atom is -0.465 e. The summed E-state index contributed by atoms with van der Waals surface area (Å²) in [6, 6.07) is 0. The second-order valence-corrected chi connectivity index (χ2v) is 3.58. The van der Waals surface area contributed by atoms with Crippen molar-refractivity contribution in [3.05, 3.63) is 16.9 Å². The molecule has 1 unspecified atom stereocenters. The predicted molar refractivity (Wildman–Crippen MR) is 50.9 cm³/mol. The summed E-state index contributed by atoms with van der Waals surface area (Å²) in [6.45, 7) is -0.196. The molecule has 78 valence electrons. The van der Waals surface area contributed by atoms with Crippen LogP contribution in [0.3, 0.4) is 0 Å². The maximum absolute atomic E-state index is 13.1. The highest BCUT2D eigenvalue weighted by Crippen LogP contribution is 2.07. The molecule has 14 heavy (non-hydrogen) atoms. The molecule has 1 amide bonds. The average Bonchev–Trinajstić information content (AvgIpc) is 2.48. The van der Waals surface area contributed by atoms with Gasteiger partial charge in [0, 0.05) is 6.20 Å². The van der Waals surface area contributed by atoms with Gasteiger partial charge in [0.15, 0.2) is 0 Å². The SMILES string of the molecule is O=C(O)NCC(F)Cn1cc(Br)cn1. The Morgan fingerprint density at radius 1 is 1.86 bits per heavy atom. The van der Waals surface area contributed by atoms with Gasteiger partial charge in [-0.05, 0) is 15.9 Å². The van der Waals surface area contributed by atoms with E-state index in [1.54, 1.807) is 6.20 Å². The number of aromatic nitrogens is 2. The topological polar surface area (TPSA) is 67.2 Å². The molecule has 0 fully saturated rings. The summed E-state index contributed by atoms with van der Waals surface area (Å²) < 4.78 is 15.2. The summed E-state index contributed by atoms with van der Waals surface area (Å²) in [5.41, 5.74) is 0. The molecule has 0 aliphatic heterocycles. The Morgan fingerprint density at radius 2 is 2.57 bits per heavy atom. The molecule has 0 bridgehead atoms. The van der Waals surface area contributed by atoms with Gasteiger partial charge in [-0.2, -0.15) is 5.10 Å². The molecule has 1 rings (SSSR count). The fourth-order valence-corrected chi connectivity index (χ4v) is 1.23. The first kappa shape index (κ1) is 11.0. The van der Waals surface area contributed by atoms with Gasteiger partial charge in [-0.25, -0.2) is 9.18 Å². The third kappa shape index (κ3) is 3.73. The smallest absolute Gasteiger partial charge is 0.404 e. The Labute approximate surface area is 88.0 Å². The van der Waals surface area contributed by atoms with Crippen LogP contribution in [-0.4, -0.2) is 33.7 Å². The summed E-state index contributed by atoms with van der Waals surface area (Å²) >= 11 is 3.17. The summed E-state index contributed by atoms with van der Waals surface area (Å²) in [4.78, 5) is 10.1. The van der Waals surface area contributed by atoms with Crippen molar-refractivity contribution in [2.45, 2.75) is 12.7 Å². The quantitative estimate of drug-likeness (QED) is 0.861. The van der Waals surface area contributed by atoms with Crippen LogP contribution in [0, 0.1) is 0 Å². The second kappa shape index (κ2) is 4.94. The molecule has 0 aromatic carbocycles. The highest BCUT2D eigenvalue weighted by Gasteiger charge is 2.09. The van der Waals surface area contributed by atoms with Gasteiger partial charge < -0.3 is 10.4 Å². The molecule has 2 N–H and O–H groups in total. The van der Waals surface area contributed by atoms with Gasteiger partial charge in [0.2, 0.25) is 0 Å². The lowest BCUT2D eigenvalue weighted by Gasteiger charge is -2.07. The minimum atomic E-state index is -1.28. The molecular weight excluding hydrogens is 257 g/mol. The van der Waals surface area contributed by atoms with Crippen molar-refractivity contribution in [2.75, 3.05) is 6.54 Å². The summed E-state index contributed by atoms with van der Waals surface area (Å²) in [5.74, 6) is 0. The maximum Gasteiger partial charge on any atom is 0.404 e. The number of nitrogens with zero attached hydrogens (tertiary/aromatic N) is 2. The molecule has 0 aliphatic carbocycles. The molecule has 0 saturated carbocycles. The third-order valence-corrected chi connectivity index (χ3v) is 1.87. The van der Waals surface area contributed by atoms with E-state index in [-0.39, 0.29) is 13.1 Å². The van der Waals surface area contributed by atoms with Crippen molar-refractivity contribution in [2.24, 2.45) is 0 Å². The third-order valence-electron chi connectivity index (χ3n) is 1.46. The minimum absolute atomic E-state index is 0.0336. The Kier molecular flexibility index (Phi) is 3.87. The molecule has 0 aliphatic rings. The zero-order chi connectivity index (χ0) is 10.6. The van der Waals surface area contributed by atoms with Crippen molar-refractivity contribution in [3.8, 4) is 0 Å². The van der Waals surface area contributed by atoms with Crippen LogP contribution in [0.25, 0.3) is 0 Å². The Bertz CT molecular complexity index is 318. The van der Waals surface area contributed by atoms with Crippen molar-refractivity contribution < 1.29 is 14.3 Å². The molecule has 5 nitrogen and oxygen atoms in total. The van der Waals surface area contributed by atoms with E-state index in [0.717, 1.165) is 4.47 Å². The molecule has 0 spiro atoms. The van der Waals surface area contributed by atoms with Gasteiger partial charge in [-0.15, -0.1) is 0 Å². The largest absolute Gasteiger partial charge is 0.465 e. The standard InChI is InChI=1S/C7H9BrFN3O2/c8-5-1-11-12(3-5)4-6(9)2-10-7(13)14/h1,3,6,10H,2,4H2,(H,13,14). The number of rotatable bonds is 4. The average molecular weight is 266 g/mol. The molecule has 1 atom stereocenters. The van der Waals surface area contributed by atoms with Gasteiger partial charge >= 0.3 is 6.09 Å². The number of alkyl halides is 1. The predicted octanol–water partition coefficient (Wildman–Crippen LogP) is 1.25. The molecular formula is C7H9BrFN3O2. The number of hydrogen-bond acceptors (Lipinski definition) is 2. The van der Waals surface area contributed by atoms with Crippen LogP contribution >= 0.6 is 15.9 Å². The normalized spacial score (nSPS) is 12.4. The molecule has 1 heterocycles. The van der Waals surface area contributed by atoms with E-state index in [1.165, 1.54) is 10.9 Å². The fourth-order valence-electron chi connectivity index (χ4n) is 0.904. The van der Waals surface area contributed by atoms with Gasteiger partial charge in [-0.1, -0.05) is 0 Å². The molecule has 0 radical (unpaired) electrons. The number of halogens is 2. The van der Waals surface area contributed by atoms with Crippen LogP contribution < -0.4 is 5.32 Å². The summed E-state index contributed by atoms with van der Waals surface area (Å²) in [5, 5.41) is 14.0. The van der Waals surface area contributed by atoms with Gasteiger partial charge in [-0.3, -0.25) is 4.68 Å². The lowest BCUT2D eigenvalue weighted by atomic mass is 10.4. The van der Waals surface area contributed by atoms with E-state index >= 15 is 0 Å². The molecule has 0 saturated heterocycles. The second-order valence-electron chi connectivity index (χ2n) is 2.66. The van der Waals surface area contributed by atoms with Crippen molar-refractivity contribution in [1.29, 1.82) is 0 Å². The fraction of sp³-hybridized carbons (Fsp3) is 0.429. The van der Waals surface area contributed by atoms with Crippen molar-refractivity contribution in [3.63, 3.8) is 0 Å². The van der Waals surface area contributed by atoms with Crippen LogP contribution in [-0.2, 0) is 6.54 Å². The van der Waals surface area contributed by atoms with Crippen LogP contribution in [0.15, 0.2) is 16.9 Å². The first-order valence-corrected chi connectivity index (χ1v) is 4.66. The number of amides is 1. The Morgan fingerprint density at radius 3 is 3.07 bits per heavy atom. The molecule has 7 heteroatoms. The monoisotopic (exact) mass is 265 g/mol. The molecule has 1 aromatic heterocycles. The van der Waals surface area contributed by atoms with E-state index in [1.807, 2.05) is 5.32 Å². The lowest BCUT2D eigenvalue weighted by molar-refractivity contribution is 0.186. The zero-order valence-electron chi connectivity index (χ0n) is 7.15. The van der Waals surface area contributed by atoms with Crippen LogP contribution in [0.1, 0.15) is 0 Å². The van der Waals surface area contributed by atoms with Crippen LogP contribution in [0.2, 0.25) is 0 Å². The maximum atomic E-state index is 13.1. The van der Waals surface area contributed by atoms with E-state index in [9.17, 15) is 9.18 Å². The molecule has 1 aromatic rings. The van der Waals surface area contributed by atoms with E-state index in [2.05, 4.69) is 21.0 Å². The van der Waals surface area contributed by atoms with E-state index < -0.39 is 12.3 Å². The lowest BCUT2D eigenvalue weighted by Crippen LogP contribution is -2.31. The van der Waals surface area contributed by atoms with Crippen LogP contribution in [0.4, 0.5) is 9.18 Å². The van der Waals surface area contributed by atoms with Crippen molar-refractivity contribution in [1.82, 2.24) is 15.1 Å². The highest BCUT2D eigenvalue weighted by molar-refractivity contribution is 9.10. The number of carboxylic acid groups (broad SMARTS) is 1. The Hall–Kier alpha value is -1.11. The summed E-state index contributed by atoms with van der Waals surface area (Å²) in [7, 11) is 0. The number of nitrogens with one attached hydrogen (secondary N) is 1. The van der Waals surface area contributed by atoms with Crippen molar-refractivity contribution >= 4 is 22.0 Å². The Balaban J connectivity index is 2.33. The zero-order valence-corrected chi connectivity index (χ0v) is 8.74. The highest BCUT2D eigenvalue weighted by atomic mass is 79.9. The van der Waals surface area contributed by atoms with Gasteiger partial charge in [0.1, 0.15) is 6.17 Å². The summed E-state index contributed by atoms with van der Waals surface area (Å²) in [6.07, 6.45) is 0.650. The number of carbonyl (C=O) groups is 1. The first-order chi connectivity index (χ1) is 6.58. The van der Waals surface area contributed by atoms with E-state index in [0.29, 0.717) is 0 Å². The van der Waals surface area contributed by atoms with E-state index in [4.69, 9.17) is 5.11 Å². The number of hydrogen-bond donors (Lipinski definition) is 2. The van der Waals surface area contributed by atoms with Crippen LogP contribution in [0.5, 0.6) is 0 Å². The van der Waals surface area contributed by atoms with Gasteiger partial charge in [0.05, 0.1) is 23.8 Å².